The lowest BCUT2D eigenvalue weighted by Crippen LogP contribution is -2.28. The fourth-order valence-corrected chi connectivity index (χ4v) is 2.56. The van der Waals surface area contributed by atoms with Crippen molar-refractivity contribution in [2.24, 2.45) is 5.92 Å². The molecule has 2 atom stereocenters. The molecule has 2 heterocycles. The molecule has 1 aliphatic rings. The molecule has 1 aliphatic heterocycles. The second-order valence-electron chi connectivity index (χ2n) is 4.58. The minimum Gasteiger partial charge on any atom is -0.381 e. The van der Waals surface area contributed by atoms with Crippen molar-refractivity contribution in [2.45, 2.75) is 26.0 Å². The zero-order valence-corrected chi connectivity index (χ0v) is 11.2. The van der Waals surface area contributed by atoms with Crippen LogP contribution in [0.4, 0.5) is 0 Å². The van der Waals surface area contributed by atoms with Crippen molar-refractivity contribution in [2.75, 3.05) is 26.4 Å². The summed E-state index contributed by atoms with van der Waals surface area (Å²) in [5.41, 5.74) is 0. The van der Waals surface area contributed by atoms with Crippen LogP contribution in [-0.2, 0) is 16.0 Å². The Morgan fingerprint density at radius 1 is 1.65 bits per heavy atom. The zero-order chi connectivity index (χ0) is 11.9. The molecule has 0 amide bonds. The predicted octanol–water partition coefficient (Wildman–Crippen LogP) is 2.28. The van der Waals surface area contributed by atoms with Crippen molar-refractivity contribution in [3.63, 3.8) is 0 Å². The van der Waals surface area contributed by atoms with Crippen molar-refractivity contribution in [1.82, 2.24) is 5.32 Å². The van der Waals surface area contributed by atoms with E-state index in [9.17, 15) is 0 Å². The Morgan fingerprint density at radius 2 is 2.59 bits per heavy atom. The van der Waals surface area contributed by atoms with E-state index in [1.54, 1.807) is 11.3 Å². The number of rotatable bonds is 7. The number of thiophene rings is 1. The van der Waals surface area contributed by atoms with E-state index in [-0.39, 0.29) is 6.10 Å². The summed E-state index contributed by atoms with van der Waals surface area (Å²) in [6, 6.07) is 4.24. The Kier molecular flexibility index (Phi) is 5.45. The van der Waals surface area contributed by atoms with E-state index < -0.39 is 0 Å². The molecule has 96 valence electrons. The van der Waals surface area contributed by atoms with E-state index in [4.69, 9.17) is 9.47 Å². The monoisotopic (exact) mass is 255 g/mol. The first-order valence-corrected chi connectivity index (χ1v) is 7.15. The van der Waals surface area contributed by atoms with Gasteiger partial charge in [-0.25, -0.2) is 0 Å². The maximum atomic E-state index is 5.81. The van der Waals surface area contributed by atoms with Gasteiger partial charge in [-0.05, 0) is 24.8 Å². The van der Waals surface area contributed by atoms with Gasteiger partial charge in [0.05, 0.1) is 19.3 Å². The highest BCUT2D eigenvalue weighted by atomic mass is 32.1. The molecule has 2 rings (SSSR count). The minimum absolute atomic E-state index is 0.274. The molecule has 1 fully saturated rings. The minimum atomic E-state index is 0.274. The second-order valence-corrected chi connectivity index (χ2v) is 5.62. The Morgan fingerprint density at radius 3 is 3.29 bits per heavy atom. The normalized spacial score (nSPS) is 21.8. The molecule has 1 N–H and O–H groups in total. The van der Waals surface area contributed by atoms with Gasteiger partial charge in [0, 0.05) is 30.5 Å². The van der Waals surface area contributed by atoms with Crippen molar-refractivity contribution in [1.29, 1.82) is 0 Å². The van der Waals surface area contributed by atoms with E-state index in [0.29, 0.717) is 5.92 Å². The molecule has 0 aromatic carbocycles. The van der Waals surface area contributed by atoms with Crippen LogP contribution in [0.25, 0.3) is 0 Å². The summed E-state index contributed by atoms with van der Waals surface area (Å²) < 4.78 is 11.1. The fourth-order valence-electron chi connectivity index (χ4n) is 1.89. The van der Waals surface area contributed by atoms with Crippen LogP contribution < -0.4 is 5.32 Å². The smallest absolute Gasteiger partial charge is 0.0671 e. The highest BCUT2D eigenvalue weighted by Crippen LogP contribution is 2.13. The van der Waals surface area contributed by atoms with Gasteiger partial charge in [0.1, 0.15) is 0 Å². The first kappa shape index (κ1) is 13.0. The van der Waals surface area contributed by atoms with Gasteiger partial charge in [0.2, 0.25) is 0 Å². The maximum absolute atomic E-state index is 5.81. The molecule has 1 saturated heterocycles. The molecule has 0 aliphatic carbocycles. The molecule has 1 aromatic heterocycles. The third-order valence-electron chi connectivity index (χ3n) is 2.95. The topological polar surface area (TPSA) is 30.5 Å². The Hall–Kier alpha value is -0.420. The van der Waals surface area contributed by atoms with Crippen LogP contribution in [0.1, 0.15) is 18.2 Å². The summed E-state index contributed by atoms with van der Waals surface area (Å²) in [6.07, 6.45) is 1.42. The van der Waals surface area contributed by atoms with Crippen molar-refractivity contribution in [3.8, 4) is 0 Å². The summed E-state index contributed by atoms with van der Waals surface area (Å²) in [4.78, 5) is 1.38. The fraction of sp³-hybridized carbons (Fsp3) is 0.692. The molecule has 0 bridgehead atoms. The van der Waals surface area contributed by atoms with Gasteiger partial charge >= 0.3 is 0 Å². The largest absolute Gasteiger partial charge is 0.381 e. The lowest BCUT2D eigenvalue weighted by Gasteiger charge is -2.16. The van der Waals surface area contributed by atoms with Crippen LogP contribution in [0.5, 0.6) is 0 Å². The molecule has 0 radical (unpaired) electrons. The maximum Gasteiger partial charge on any atom is 0.0671 e. The lowest BCUT2D eigenvalue weighted by atomic mass is 10.1. The average molecular weight is 255 g/mol. The molecule has 0 spiro atoms. The Bertz CT molecular complexity index is 296. The number of ether oxygens (including phenoxy) is 2. The molecule has 17 heavy (non-hydrogen) atoms. The van der Waals surface area contributed by atoms with Crippen LogP contribution in [0.3, 0.4) is 0 Å². The number of hydrogen-bond acceptors (Lipinski definition) is 4. The summed E-state index contributed by atoms with van der Waals surface area (Å²) in [7, 11) is 0. The van der Waals surface area contributed by atoms with Crippen molar-refractivity contribution in [3.05, 3.63) is 22.4 Å². The van der Waals surface area contributed by atoms with Gasteiger partial charge in [-0.1, -0.05) is 6.07 Å². The van der Waals surface area contributed by atoms with Crippen LogP contribution in [0, 0.1) is 5.92 Å². The quantitative estimate of drug-likeness (QED) is 0.811. The van der Waals surface area contributed by atoms with Gasteiger partial charge in [0.25, 0.3) is 0 Å². The molecular formula is C13H21NO2S. The molecular weight excluding hydrogens is 234 g/mol. The van der Waals surface area contributed by atoms with Crippen LogP contribution >= 0.6 is 11.3 Å². The molecule has 1 aromatic rings. The SMILES string of the molecule is CC(CNCc1cccs1)OCC1CCOC1. The number of hydrogen-bond donors (Lipinski definition) is 1. The third-order valence-corrected chi connectivity index (χ3v) is 3.83. The Labute approximate surface area is 107 Å². The first-order valence-electron chi connectivity index (χ1n) is 6.27. The van der Waals surface area contributed by atoms with E-state index in [1.165, 1.54) is 4.88 Å². The van der Waals surface area contributed by atoms with Crippen molar-refractivity contribution < 1.29 is 9.47 Å². The van der Waals surface area contributed by atoms with Crippen molar-refractivity contribution >= 4 is 11.3 Å². The standard InChI is InChI=1S/C13H21NO2S/c1-11(16-10-12-4-5-15-9-12)7-14-8-13-3-2-6-17-13/h2-3,6,11-12,14H,4-5,7-10H2,1H3. The highest BCUT2D eigenvalue weighted by molar-refractivity contribution is 7.09. The van der Waals surface area contributed by atoms with Crippen LogP contribution in [0.2, 0.25) is 0 Å². The van der Waals surface area contributed by atoms with Gasteiger partial charge < -0.3 is 14.8 Å². The summed E-state index contributed by atoms with van der Waals surface area (Å²) in [6.45, 7) is 6.58. The third kappa shape index (κ3) is 4.76. The van der Waals surface area contributed by atoms with E-state index in [1.807, 2.05) is 0 Å². The summed E-state index contributed by atoms with van der Waals surface area (Å²) >= 11 is 1.79. The van der Waals surface area contributed by atoms with E-state index in [2.05, 4.69) is 29.8 Å². The van der Waals surface area contributed by atoms with Gasteiger partial charge in [-0.3, -0.25) is 0 Å². The lowest BCUT2D eigenvalue weighted by molar-refractivity contribution is 0.0368. The first-order chi connectivity index (χ1) is 8.34. The van der Waals surface area contributed by atoms with Crippen LogP contribution in [0.15, 0.2) is 17.5 Å². The van der Waals surface area contributed by atoms with E-state index >= 15 is 0 Å². The second kappa shape index (κ2) is 7.11. The van der Waals surface area contributed by atoms with Gasteiger partial charge in [0.15, 0.2) is 0 Å². The average Bonchev–Trinajstić information content (AvgIpc) is 2.99. The number of nitrogens with one attached hydrogen (secondary N) is 1. The predicted molar refractivity (Wildman–Crippen MR) is 70.4 cm³/mol. The van der Waals surface area contributed by atoms with Crippen LogP contribution in [-0.4, -0.2) is 32.5 Å². The highest BCUT2D eigenvalue weighted by Gasteiger charge is 2.16. The zero-order valence-electron chi connectivity index (χ0n) is 10.4. The Balaban J connectivity index is 1.52. The molecule has 4 heteroatoms. The summed E-state index contributed by atoms with van der Waals surface area (Å²) in [5.74, 6) is 0.606. The molecule has 0 saturated carbocycles. The van der Waals surface area contributed by atoms with Gasteiger partial charge in [-0.2, -0.15) is 0 Å². The van der Waals surface area contributed by atoms with E-state index in [0.717, 1.165) is 39.3 Å². The summed E-state index contributed by atoms with van der Waals surface area (Å²) in [5, 5.41) is 5.53. The molecule has 2 unspecified atom stereocenters. The molecule has 3 nitrogen and oxygen atoms in total. The van der Waals surface area contributed by atoms with Gasteiger partial charge in [-0.15, -0.1) is 11.3 Å².